The summed E-state index contributed by atoms with van der Waals surface area (Å²) in [6.07, 6.45) is 3.05. The SMILES string of the molecule is CCCN(C)/C=C(\N)n1nc(C)cc1C(C)C. The maximum atomic E-state index is 6.10. The zero-order valence-electron chi connectivity index (χ0n) is 11.6. The summed E-state index contributed by atoms with van der Waals surface area (Å²) in [4.78, 5) is 2.09. The van der Waals surface area contributed by atoms with Crippen LogP contribution >= 0.6 is 0 Å². The summed E-state index contributed by atoms with van der Waals surface area (Å²) in [5.74, 6) is 1.09. The quantitative estimate of drug-likeness (QED) is 0.853. The van der Waals surface area contributed by atoms with E-state index < -0.39 is 0 Å². The Hall–Kier alpha value is -1.45. The molecule has 0 aliphatic rings. The van der Waals surface area contributed by atoms with Gasteiger partial charge in [0.1, 0.15) is 5.82 Å². The molecule has 0 amide bonds. The average Bonchev–Trinajstić information content (AvgIpc) is 2.60. The lowest BCUT2D eigenvalue weighted by atomic mass is 10.1. The standard InChI is InChI=1S/C13H24N4/c1-6-7-16(5)9-13(14)17-12(10(2)3)8-11(4)15-17/h8-10H,6-7,14H2,1-5H3/b13-9+. The van der Waals surface area contributed by atoms with Gasteiger partial charge in [0.2, 0.25) is 0 Å². The van der Waals surface area contributed by atoms with Crippen LogP contribution in [0.25, 0.3) is 5.82 Å². The minimum Gasteiger partial charge on any atom is -0.382 e. The first kappa shape index (κ1) is 13.6. The molecule has 0 aromatic carbocycles. The lowest BCUT2D eigenvalue weighted by Gasteiger charge is -2.16. The molecular weight excluding hydrogens is 212 g/mol. The molecular formula is C13H24N4. The lowest BCUT2D eigenvalue weighted by molar-refractivity contribution is 0.452. The number of nitrogens with two attached hydrogens (primary N) is 1. The van der Waals surface area contributed by atoms with Gasteiger partial charge in [0.15, 0.2) is 0 Å². The minimum absolute atomic E-state index is 0.416. The Labute approximate surface area is 104 Å². The van der Waals surface area contributed by atoms with Crippen molar-refractivity contribution in [2.45, 2.75) is 40.0 Å². The first-order valence-electron chi connectivity index (χ1n) is 6.20. The second-order valence-corrected chi connectivity index (χ2v) is 4.81. The van der Waals surface area contributed by atoms with E-state index >= 15 is 0 Å². The molecule has 1 rings (SSSR count). The second kappa shape index (κ2) is 5.75. The van der Waals surface area contributed by atoms with E-state index in [0.29, 0.717) is 11.7 Å². The molecule has 0 bridgehead atoms. The third-order valence-electron chi connectivity index (χ3n) is 2.62. The van der Waals surface area contributed by atoms with Gasteiger partial charge in [-0.05, 0) is 25.3 Å². The van der Waals surface area contributed by atoms with Gasteiger partial charge < -0.3 is 10.6 Å². The minimum atomic E-state index is 0.416. The summed E-state index contributed by atoms with van der Waals surface area (Å²) in [5.41, 5.74) is 8.25. The van der Waals surface area contributed by atoms with Crippen LogP contribution in [0.3, 0.4) is 0 Å². The maximum Gasteiger partial charge on any atom is 0.141 e. The Morgan fingerprint density at radius 2 is 2.24 bits per heavy atom. The zero-order valence-corrected chi connectivity index (χ0v) is 11.6. The van der Waals surface area contributed by atoms with Crippen LogP contribution < -0.4 is 5.73 Å². The van der Waals surface area contributed by atoms with Gasteiger partial charge in [-0.2, -0.15) is 5.10 Å². The van der Waals surface area contributed by atoms with Gasteiger partial charge in [-0.1, -0.05) is 20.8 Å². The molecule has 0 aliphatic carbocycles. The van der Waals surface area contributed by atoms with Gasteiger partial charge in [-0.15, -0.1) is 0 Å². The zero-order chi connectivity index (χ0) is 13.0. The molecule has 0 spiro atoms. The molecule has 0 radical (unpaired) electrons. The summed E-state index contributed by atoms with van der Waals surface area (Å²) in [5, 5.41) is 4.44. The molecule has 4 nitrogen and oxygen atoms in total. The van der Waals surface area contributed by atoms with Crippen molar-refractivity contribution in [2.75, 3.05) is 13.6 Å². The fourth-order valence-electron chi connectivity index (χ4n) is 1.84. The molecule has 0 unspecified atom stereocenters. The highest BCUT2D eigenvalue weighted by Gasteiger charge is 2.11. The van der Waals surface area contributed by atoms with E-state index in [1.54, 1.807) is 0 Å². The smallest absolute Gasteiger partial charge is 0.141 e. The highest BCUT2D eigenvalue weighted by atomic mass is 15.3. The van der Waals surface area contributed by atoms with Crippen LogP contribution in [0, 0.1) is 6.92 Å². The van der Waals surface area contributed by atoms with E-state index in [2.05, 4.69) is 36.8 Å². The predicted molar refractivity (Wildman–Crippen MR) is 72.4 cm³/mol. The third kappa shape index (κ3) is 3.51. The normalized spacial score (nSPS) is 12.2. The van der Waals surface area contributed by atoms with Crippen molar-refractivity contribution in [3.63, 3.8) is 0 Å². The topological polar surface area (TPSA) is 47.1 Å². The van der Waals surface area contributed by atoms with Gasteiger partial charge in [0, 0.05) is 25.5 Å². The Bertz CT molecular complexity index is 390. The van der Waals surface area contributed by atoms with E-state index in [0.717, 1.165) is 24.4 Å². The summed E-state index contributed by atoms with van der Waals surface area (Å²) in [6, 6.07) is 2.09. The highest BCUT2D eigenvalue weighted by Crippen LogP contribution is 2.17. The van der Waals surface area contributed by atoms with E-state index in [1.165, 1.54) is 0 Å². The molecule has 96 valence electrons. The number of hydrogen-bond donors (Lipinski definition) is 1. The average molecular weight is 236 g/mol. The molecule has 0 aliphatic heterocycles. The summed E-state index contributed by atoms with van der Waals surface area (Å²) >= 11 is 0. The highest BCUT2D eigenvalue weighted by molar-refractivity contribution is 5.41. The van der Waals surface area contributed by atoms with Crippen molar-refractivity contribution in [3.8, 4) is 0 Å². The van der Waals surface area contributed by atoms with Gasteiger partial charge in [0.05, 0.1) is 5.69 Å². The molecule has 0 saturated carbocycles. The van der Waals surface area contributed by atoms with Crippen molar-refractivity contribution in [2.24, 2.45) is 5.73 Å². The summed E-state index contributed by atoms with van der Waals surface area (Å²) in [7, 11) is 2.03. The van der Waals surface area contributed by atoms with Crippen LogP contribution in [-0.2, 0) is 0 Å². The molecule has 2 N–H and O–H groups in total. The fraction of sp³-hybridized carbons (Fsp3) is 0.615. The summed E-state index contributed by atoms with van der Waals surface area (Å²) in [6.45, 7) is 9.44. The molecule has 1 aromatic heterocycles. The Morgan fingerprint density at radius 3 is 2.76 bits per heavy atom. The second-order valence-electron chi connectivity index (χ2n) is 4.81. The molecule has 1 aromatic rings. The molecule has 4 heteroatoms. The molecule has 17 heavy (non-hydrogen) atoms. The van der Waals surface area contributed by atoms with E-state index in [1.807, 2.05) is 24.9 Å². The third-order valence-corrected chi connectivity index (χ3v) is 2.62. The predicted octanol–water partition coefficient (Wildman–Crippen LogP) is 2.37. The monoisotopic (exact) mass is 236 g/mol. The number of rotatable bonds is 5. The van der Waals surface area contributed by atoms with Gasteiger partial charge >= 0.3 is 0 Å². The van der Waals surface area contributed by atoms with Crippen molar-refractivity contribution >= 4 is 5.82 Å². The van der Waals surface area contributed by atoms with Crippen LogP contribution in [0.2, 0.25) is 0 Å². The van der Waals surface area contributed by atoms with Gasteiger partial charge in [-0.3, -0.25) is 0 Å². The number of hydrogen-bond acceptors (Lipinski definition) is 3. The van der Waals surface area contributed by atoms with Crippen molar-refractivity contribution < 1.29 is 0 Å². The van der Waals surface area contributed by atoms with Crippen LogP contribution in [0.5, 0.6) is 0 Å². The molecule has 0 fully saturated rings. The molecule has 0 saturated heterocycles. The van der Waals surface area contributed by atoms with Crippen molar-refractivity contribution in [1.29, 1.82) is 0 Å². The number of nitrogens with zero attached hydrogens (tertiary/aromatic N) is 3. The van der Waals surface area contributed by atoms with E-state index in [-0.39, 0.29) is 0 Å². The van der Waals surface area contributed by atoms with E-state index in [4.69, 9.17) is 5.73 Å². The molecule has 0 atom stereocenters. The van der Waals surface area contributed by atoms with E-state index in [9.17, 15) is 0 Å². The van der Waals surface area contributed by atoms with Crippen LogP contribution in [0.1, 0.15) is 44.5 Å². The summed E-state index contributed by atoms with van der Waals surface area (Å²) < 4.78 is 1.84. The first-order valence-corrected chi connectivity index (χ1v) is 6.20. The Morgan fingerprint density at radius 1 is 1.59 bits per heavy atom. The number of aromatic nitrogens is 2. The molecule has 1 heterocycles. The lowest BCUT2D eigenvalue weighted by Crippen LogP contribution is -2.19. The Balaban J connectivity index is 2.98. The maximum absolute atomic E-state index is 6.10. The van der Waals surface area contributed by atoms with Crippen LogP contribution in [0.15, 0.2) is 12.3 Å². The van der Waals surface area contributed by atoms with Crippen LogP contribution in [-0.4, -0.2) is 28.3 Å². The van der Waals surface area contributed by atoms with Gasteiger partial charge in [0.25, 0.3) is 0 Å². The van der Waals surface area contributed by atoms with Crippen LogP contribution in [0.4, 0.5) is 0 Å². The first-order chi connectivity index (χ1) is 7.95. The fourth-order valence-corrected chi connectivity index (χ4v) is 1.84. The van der Waals surface area contributed by atoms with Crippen molar-refractivity contribution in [3.05, 3.63) is 23.7 Å². The Kier molecular flexibility index (Phi) is 4.61. The largest absolute Gasteiger partial charge is 0.382 e. The van der Waals surface area contributed by atoms with Crippen molar-refractivity contribution in [1.82, 2.24) is 14.7 Å². The number of aryl methyl sites for hydroxylation is 1. The van der Waals surface area contributed by atoms with Gasteiger partial charge in [-0.25, -0.2) is 4.68 Å².